The van der Waals surface area contributed by atoms with Crippen LogP contribution in [0.5, 0.6) is 5.75 Å². The van der Waals surface area contributed by atoms with Crippen molar-refractivity contribution in [2.45, 2.75) is 45.5 Å². The number of rotatable bonds is 9. The van der Waals surface area contributed by atoms with Crippen molar-refractivity contribution < 1.29 is 9.53 Å². The standard InChI is InChI=1S/C22H27Cl2NO2S/c1-14(2)17-9-8-15(3)12-21(17)27-16(4)22(26)25-10-11-28-13-18-19(23)6-5-7-20(18)24/h5-9,12,14,16H,10-11,13H2,1-4H3,(H,25,26)/t16-/m1/s1. The summed E-state index contributed by atoms with van der Waals surface area (Å²) in [4.78, 5) is 12.4. The molecule has 1 N–H and O–H groups in total. The summed E-state index contributed by atoms with van der Waals surface area (Å²) in [6.45, 7) is 8.59. The lowest BCUT2D eigenvalue weighted by Crippen LogP contribution is -2.37. The third-order valence-electron chi connectivity index (χ3n) is 4.32. The monoisotopic (exact) mass is 439 g/mol. The van der Waals surface area contributed by atoms with E-state index in [2.05, 4.69) is 31.3 Å². The number of ether oxygens (including phenoxy) is 1. The second-order valence-corrected chi connectivity index (χ2v) is 8.92. The summed E-state index contributed by atoms with van der Waals surface area (Å²) < 4.78 is 5.95. The van der Waals surface area contributed by atoms with Crippen molar-refractivity contribution in [3.63, 3.8) is 0 Å². The predicted molar refractivity (Wildman–Crippen MR) is 121 cm³/mol. The fourth-order valence-electron chi connectivity index (χ4n) is 2.70. The summed E-state index contributed by atoms with van der Waals surface area (Å²) in [5.41, 5.74) is 3.15. The van der Waals surface area contributed by atoms with Crippen LogP contribution in [-0.4, -0.2) is 24.3 Å². The first-order valence-corrected chi connectivity index (χ1v) is 11.3. The summed E-state index contributed by atoms with van der Waals surface area (Å²) in [7, 11) is 0. The number of carbonyl (C=O) groups is 1. The van der Waals surface area contributed by atoms with Crippen LogP contribution >= 0.6 is 35.0 Å². The van der Waals surface area contributed by atoms with E-state index in [1.54, 1.807) is 18.7 Å². The molecule has 2 aromatic carbocycles. The van der Waals surface area contributed by atoms with Gasteiger partial charge >= 0.3 is 0 Å². The topological polar surface area (TPSA) is 38.3 Å². The SMILES string of the molecule is Cc1ccc(C(C)C)c(O[C@H](C)C(=O)NCCSCc2c(Cl)cccc2Cl)c1. The van der Waals surface area contributed by atoms with Crippen LogP contribution in [0.4, 0.5) is 0 Å². The average Bonchev–Trinajstić information content (AvgIpc) is 2.63. The lowest BCUT2D eigenvalue weighted by atomic mass is 10.0. The van der Waals surface area contributed by atoms with Crippen molar-refractivity contribution >= 4 is 40.9 Å². The molecule has 152 valence electrons. The molecule has 1 atom stereocenters. The van der Waals surface area contributed by atoms with Crippen LogP contribution in [-0.2, 0) is 10.5 Å². The lowest BCUT2D eigenvalue weighted by molar-refractivity contribution is -0.127. The van der Waals surface area contributed by atoms with Gasteiger partial charge in [-0.25, -0.2) is 0 Å². The molecule has 3 nitrogen and oxygen atoms in total. The van der Waals surface area contributed by atoms with Crippen LogP contribution in [0.2, 0.25) is 10.0 Å². The molecule has 0 aromatic heterocycles. The smallest absolute Gasteiger partial charge is 0.260 e. The van der Waals surface area contributed by atoms with E-state index < -0.39 is 6.10 Å². The normalized spacial score (nSPS) is 12.1. The molecule has 0 saturated carbocycles. The van der Waals surface area contributed by atoms with Gasteiger partial charge in [-0.05, 0) is 54.7 Å². The van der Waals surface area contributed by atoms with Gasteiger partial charge in [0.2, 0.25) is 0 Å². The van der Waals surface area contributed by atoms with Gasteiger partial charge in [0, 0.05) is 28.1 Å². The van der Waals surface area contributed by atoms with Gasteiger partial charge in [-0.15, -0.1) is 0 Å². The number of nitrogens with one attached hydrogen (secondary N) is 1. The molecule has 0 saturated heterocycles. The van der Waals surface area contributed by atoms with Crippen LogP contribution in [0, 0.1) is 6.92 Å². The summed E-state index contributed by atoms with van der Waals surface area (Å²) in [6, 6.07) is 11.6. The second-order valence-electron chi connectivity index (χ2n) is 7.00. The van der Waals surface area contributed by atoms with Crippen LogP contribution in [0.3, 0.4) is 0 Å². The third-order valence-corrected chi connectivity index (χ3v) is 6.01. The second kappa shape index (κ2) is 11.0. The van der Waals surface area contributed by atoms with Gasteiger partial charge in [-0.1, -0.05) is 55.2 Å². The zero-order chi connectivity index (χ0) is 20.7. The van der Waals surface area contributed by atoms with E-state index >= 15 is 0 Å². The number of hydrogen-bond donors (Lipinski definition) is 1. The Hall–Kier alpha value is -1.36. The molecule has 0 bridgehead atoms. The largest absolute Gasteiger partial charge is 0.481 e. The Balaban J connectivity index is 1.80. The molecule has 0 spiro atoms. The van der Waals surface area contributed by atoms with Crippen LogP contribution in [0.15, 0.2) is 36.4 Å². The molecule has 0 heterocycles. The first kappa shape index (κ1) is 22.9. The van der Waals surface area contributed by atoms with E-state index in [-0.39, 0.29) is 5.91 Å². The fourth-order valence-corrected chi connectivity index (χ4v) is 4.29. The molecule has 0 aliphatic heterocycles. The van der Waals surface area contributed by atoms with Crippen molar-refractivity contribution in [1.29, 1.82) is 0 Å². The van der Waals surface area contributed by atoms with Gasteiger partial charge in [-0.3, -0.25) is 4.79 Å². The molecule has 6 heteroatoms. The van der Waals surface area contributed by atoms with Crippen LogP contribution in [0.1, 0.15) is 43.4 Å². The van der Waals surface area contributed by atoms with Gasteiger partial charge in [-0.2, -0.15) is 11.8 Å². The zero-order valence-electron chi connectivity index (χ0n) is 16.7. The van der Waals surface area contributed by atoms with Crippen molar-refractivity contribution in [2.24, 2.45) is 0 Å². The molecule has 2 aromatic rings. The quantitative estimate of drug-likeness (QED) is 0.469. The highest BCUT2D eigenvalue weighted by molar-refractivity contribution is 7.98. The Morgan fingerprint density at radius 2 is 1.82 bits per heavy atom. The van der Waals surface area contributed by atoms with E-state index in [0.29, 0.717) is 28.3 Å². The Morgan fingerprint density at radius 3 is 2.46 bits per heavy atom. The van der Waals surface area contributed by atoms with Crippen LogP contribution < -0.4 is 10.1 Å². The van der Waals surface area contributed by atoms with Gasteiger partial charge in [0.25, 0.3) is 5.91 Å². The molecular formula is C22H27Cl2NO2S. The average molecular weight is 440 g/mol. The Bertz CT molecular complexity index is 791. The molecule has 2 rings (SSSR count). The molecule has 0 aliphatic carbocycles. The maximum absolute atomic E-state index is 12.4. The van der Waals surface area contributed by atoms with Gasteiger partial charge < -0.3 is 10.1 Å². The van der Waals surface area contributed by atoms with Crippen molar-refractivity contribution in [1.82, 2.24) is 5.32 Å². The van der Waals surface area contributed by atoms with E-state index in [1.165, 1.54) is 0 Å². The number of aryl methyl sites for hydroxylation is 1. The molecule has 0 radical (unpaired) electrons. The predicted octanol–water partition coefficient (Wildman–Crippen LogP) is 6.24. The zero-order valence-corrected chi connectivity index (χ0v) is 19.0. The minimum Gasteiger partial charge on any atom is -0.481 e. The van der Waals surface area contributed by atoms with Crippen molar-refractivity contribution in [3.8, 4) is 5.75 Å². The van der Waals surface area contributed by atoms with Gasteiger partial charge in [0.1, 0.15) is 5.75 Å². The Morgan fingerprint density at radius 1 is 1.14 bits per heavy atom. The Kier molecular flexibility index (Phi) is 9.00. The van der Waals surface area contributed by atoms with E-state index in [0.717, 1.165) is 28.2 Å². The molecular weight excluding hydrogens is 413 g/mol. The van der Waals surface area contributed by atoms with Crippen molar-refractivity contribution in [3.05, 3.63) is 63.1 Å². The molecule has 0 fully saturated rings. The molecule has 0 aliphatic rings. The minimum atomic E-state index is -0.553. The highest BCUT2D eigenvalue weighted by Crippen LogP contribution is 2.29. The number of carbonyl (C=O) groups excluding carboxylic acids is 1. The van der Waals surface area contributed by atoms with E-state index in [9.17, 15) is 4.79 Å². The summed E-state index contributed by atoms with van der Waals surface area (Å²) >= 11 is 14.0. The molecule has 1 amide bonds. The Labute approximate surface area is 182 Å². The van der Waals surface area contributed by atoms with Gasteiger partial charge in [0.05, 0.1) is 0 Å². The summed E-state index contributed by atoms with van der Waals surface area (Å²) in [6.07, 6.45) is -0.553. The highest BCUT2D eigenvalue weighted by Gasteiger charge is 2.17. The fraction of sp³-hybridized carbons (Fsp3) is 0.409. The number of benzene rings is 2. The van der Waals surface area contributed by atoms with Crippen LogP contribution in [0.25, 0.3) is 0 Å². The van der Waals surface area contributed by atoms with Crippen molar-refractivity contribution in [2.75, 3.05) is 12.3 Å². The first-order chi connectivity index (χ1) is 13.3. The lowest BCUT2D eigenvalue weighted by Gasteiger charge is -2.19. The number of hydrogen-bond acceptors (Lipinski definition) is 3. The maximum Gasteiger partial charge on any atom is 0.260 e. The highest BCUT2D eigenvalue weighted by atomic mass is 35.5. The molecule has 28 heavy (non-hydrogen) atoms. The van der Waals surface area contributed by atoms with E-state index in [4.69, 9.17) is 27.9 Å². The van der Waals surface area contributed by atoms with Gasteiger partial charge in [0.15, 0.2) is 6.10 Å². The number of amides is 1. The first-order valence-electron chi connectivity index (χ1n) is 9.35. The number of halogens is 2. The molecule has 0 unspecified atom stereocenters. The summed E-state index contributed by atoms with van der Waals surface area (Å²) in [5.74, 6) is 2.47. The number of thioether (sulfide) groups is 1. The third kappa shape index (κ3) is 6.61. The maximum atomic E-state index is 12.4. The van der Waals surface area contributed by atoms with E-state index in [1.807, 2.05) is 31.2 Å². The minimum absolute atomic E-state index is 0.118. The summed E-state index contributed by atoms with van der Waals surface area (Å²) in [5, 5.41) is 4.27.